The highest BCUT2D eigenvalue weighted by molar-refractivity contribution is 5.85. The van der Waals surface area contributed by atoms with E-state index in [-0.39, 0.29) is 13.0 Å². The van der Waals surface area contributed by atoms with Crippen LogP contribution in [-0.4, -0.2) is 50.5 Å². The van der Waals surface area contributed by atoms with Gasteiger partial charge in [-0.1, -0.05) is 20.8 Å². The monoisotopic (exact) mass is 245 g/mol. The second kappa shape index (κ2) is 4.18. The Balaban J connectivity index is 3.27. The molecule has 1 aliphatic heterocycles. The number of hydrogen-bond donors (Lipinski definition) is 3. The lowest BCUT2D eigenvalue weighted by Gasteiger charge is -2.51. The first-order valence-corrected chi connectivity index (χ1v) is 5.55. The highest BCUT2D eigenvalue weighted by Crippen LogP contribution is 2.42. The number of likely N-dealkylation sites (tertiary alicyclic amines) is 1. The van der Waals surface area contributed by atoms with Crippen molar-refractivity contribution in [2.45, 2.75) is 45.3 Å². The minimum absolute atomic E-state index is 0.124. The van der Waals surface area contributed by atoms with Crippen molar-refractivity contribution >= 4 is 12.1 Å². The van der Waals surface area contributed by atoms with E-state index in [1.807, 2.05) is 0 Å². The van der Waals surface area contributed by atoms with Gasteiger partial charge in [0.1, 0.15) is 5.54 Å². The van der Waals surface area contributed by atoms with Gasteiger partial charge in [-0.25, -0.2) is 9.59 Å². The average Bonchev–Trinajstić information content (AvgIpc) is 2.14. The van der Waals surface area contributed by atoms with Crippen LogP contribution in [0.4, 0.5) is 4.79 Å². The van der Waals surface area contributed by atoms with E-state index >= 15 is 0 Å². The molecule has 1 fully saturated rings. The fraction of sp³-hybridized carbons (Fsp3) is 0.818. The molecule has 6 nitrogen and oxygen atoms in total. The molecule has 0 aromatic rings. The zero-order valence-electron chi connectivity index (χ0n) is 10.3. The Morgan fingerprint density at radius 3 is 2.18 bits per heavy atom. The number of amides is 1. The van der Waals surface area contributed by atoms with E-state index < -0.39 is 29.1 Å². The minimum atomic E-state index is -1.47. The van der Waals surface area contributed by atoms with Crippen molar-refractivity contribution in [3.63, 3.8) is 0 Å². The van der Waals surface area contributed by atoms with Crippen LogP contribution in [0, 0.1) is 5.41 Å². The number of aliphatic hydroxyl groups is 1. The fourth-order valence-electron chi connectivity index (χ4n) is 2.53. The third-order valence-corrected chi connectivity index (χ3v) is 3.52. The third-order valence-electron chi connectivity index (χ3n) is 3.52. The summed E-state index contributed by atoms with van der Waals surface area (Å²) in [5.41, 5.74) is -2.21. The molecule has 1 rings (SSSR count). The minimum Gasteiger partial charge on any atom is -0.479 e. The molecule has 0 aromatic heterocycles. The number of piperidine rings is 1. The number of rotatable bonds is 1. The van der Waals surface area contributed by atoms with Crippen LogP contribution in [0.3, 0.4) is 0 Å². The predicted octanol–water partition coefficient (Wildman–Crippen LogP) is 0.991. The highest BCUT2D eigenvalue weighted by atomic mass is 16.4. The summed E-state index contributed by atoms with van der Waals surface area (Å²) < 4.78 is 0. The Morgan fingerprint density at radius 2 is 1.82 bits per heavy atom. The summed E-state index contributed by atoms with van der Waals surface area (Å²) in [6.07, 6.45) is -1.67. The first kappa shape index (κ1) is 13.8. The van der Waals surface area contributed by atoms with Crippen LogP contribution >= 0.6 is 0 Å². The Kier molecular flexibility index (Phi) is 3.38. The Hall–Kier alpha value is -1.30. The first-order valence-electron chi connectivity index (χ1n) is 5.55. The van der Waals surface area contributed by atoms with Gasteiger partial charge in [0, 0.05) is 0 Å². The fourth-order valence-corrected chi connectivity index (χ4v) is 2.53. The molecule has 1 aliphatic rings. The van der Waals surface area contributed by atoms with E-state index in [0.29, 0.717) is 6.42 Å². The maximum Gasteiger partial charge on any atom is 0.408 e. The zero-order chi connectivity index (χ0) is 13.4. The average molecular weight is 245 g/mol. The topological polar surface area (TPSA) is 98.1 Å². The number of β-amino-alcohol motifs (C(OH)–C–C–N with tert-alkyl or cyclic N) is 1. The van der Waals surface area contributed by atoms with Gasteiger partial charge in [0.05, 0.1) is 12.6 Å². The van der Waals surface area contributed by atoms with Crippen LogP contribution in [0.5, 0.6) is 0 Å². The number of nitrogens with zero attached hydrogens (tertiary/aromatic N) is 1. The summed E-state index contributed by atoms with van der Waals surface area (Å²) >= 11 is 0. The SMILES string of the molecule is CC(C)(C)C1(C(=O)O)CCC(O)CN1C(=O)O. The maximum absolute atomic E-state index is 11.6. The molecule has 0 saturated carbocycles. The van der Waals surface area contributed by atoms with Crippen molar-refractivity contribution in [1.82, 2.24) is 4.90 Å². The molecule has 6 heteroatoms. The Morgan fingerprint density at radius 1 is 1.29 bits per heavy atom. The van der Waals surface area contributed by atoms with Gasteiger partial charge < -0.3 is 15.3 Å². The summed E-state index contributed by atoms with van der Waals surface area (Å²) in [7, 11) is 0. The lowest BCUT2D eigenvalue weighted by Crippen LogP contribution is -2.67. The summed E-state index contributed by atoms with van der Waals surface area (Å²) in [5.74, 6) is -1.15. The van der Waals surface area contributed by atoms with Crippen molar-refractivity contribution < 1.29 is 24.9 Å². The largest absolute Gasteiger partial charge is 0.479 e. The van der Waals surface area contributed by atoms with Crippen LogP contribution in [0.1, 0.15) is 33.6 Å². The van der Waals surface area contributed by atoms with Gasteiger partial charge >= 0.3 is 12.1 Å². The van der Waals surface area contributed by atoms with E-state index in [1.54, 1.807) is 20.8 Å². The molecule has 3 N–H and O–H groups in total. The molecule has 17 heavy (non-hydrogen) atoms. The molecule has 0 radical (unpaired) electrons. The molecule has 1 heterocycles. The first-order chi connectivity index (χ1) is 7.63. The van der Waals surface area contributed by atoms with Gasteiger partial charge in [-0.3, -0.25) is 4.90 Å². The van der Waals surface area contributed by atoms with Crippen molar-refractivity contribution in [2.24, 2.45) is 5.41 Å². The van der Waals surface area contributed by atoms with Crippen molar-refractivity contribution in [1.29, 1.82) is 0 Å². The molecule has 0 aliphatic carbocycles. The van der Waals surface area contributed by atoms with E-state index in [0.717, 1.165) is 4.90 Å². The van der Waals surface area contributed by atoms with Crippen LogP contribution in [0.2, 0.25) is 0 Å². The van der Waals surface area contributed by atoms with E-state index in [9.17, 15) is 19.8 Å². The van der Waals surface area contributed by atoms with Crippen LogP contribution in [0.15, 0.2) is 0 Å². The lowest BCUT2D eigenvalue weighted by atomic mass is 9.67. The summed E-state index contributed by atoms with van der Waals surface area (Å²) in [6.45, 7) is 4.96. The van der Waals surface area contributed by atoms with Gasteiger partial charge in [0.25, 0.3) is 0 Å². The molecular formula is C11H19NO5. The number of hydrogen-bond acceptors (Lipinski definition) is 3. The van der Waals surface area contributed by atoms with E-state index in [2.05, 4.69) is 0 Å². The van der Waals surface area contributed by atoms with Gasteiger partial charge in [-0.2, -0.15) is 0 Å². The summed E-state index contributed by atoms with van der Waals surface area (Å²) in [5, 5.41) is 28.1. The summed E-state index contributed by atoms with van der Waals surface area (Å²) in [4.78, 5) is 23.6. The van der Waals surface area contributed by atoms with Gasteiger partial charge in [-0.15, -0.1) is 0 Å². The number of carbonyl (C=O) groups is 2. The molecule has 0 spiro atoms. The number of carboxylic acids is 1. The Labute approximate surface area is 99.8 Å². The van der Waals surface area contributed by atoms with Gasteiger partial charge in [0.2, 0.25) is 0 Å². The molecule has 98 valence electrons. The van der Waals surface area contributed by atoms with Gasteiger partial charge in [-0.05, 0) is 18.3 Å². The molecule has 1 saturated heterocycles. The van der Waals surface area contributed by atoms with E-state index in [4.69, 9.17) is 5.11 Å². The number of aliphatic hydroxyl groups excluding tert-OH is 1. The van der Waals surface area contributed by atoms with Crippen molar-refractivity contribution in [2.75, 3.05) is 6.54 Å². The third kappa shape index (κ3) is 2.09. The molecule has 2 atom stereocenters. The quantitative estimate of drug-likeness (QED) is 0.640. The highest BCUT2D eigenvalue weighted by Gasteiger charge is 2.57. The smallest absolute Gasteiger partial charge is 0.408 e. The van der Waals surface area contributed by atoms with Crippen LogP contribution in [0.25, 0.3) is 0 Å². The van der Waals surface area contributed by atoms with Crippen LogP contribution in [-0.2, 0) is 4.79 Å². The molecular weight excluding hydrogens is 226 g/mol. The summed E-state index contributed by atoms with van der Waals surface area (Å²) in [6, 6.07) is 0. The van der Waals surface area contributed by atoms with E-state index in [1.165, 1.54) is 0 Å². The molecule has 0 aromatic carbocycles. The van der Waals surface area contributed by atoms with Gasteiger partial charge in [0.15, 0.2) is 0 Å². The van der Waals surface area contributed by atoms with Crippen molar-refractivity contribution in [3.05, 3.63) is 0 Å². The zero-order valence-corrected chi connectivity index (χ0v) is 10.3. The second-order valence-electron chi connectivity index (χ2n) is 5.50. The normalized spacial score (nSPS) is 30.1. The second-order valence-corrected chi connectivity index (χ2v) is 5.50. The standard InChI is InChI=1S/C11H19NO5/c1-10(2,3)11(8(14)15)5-4-7(13)6-12(11)9(16)17/h7,13H,4-6H2,1-3H3,(H,14,15)(H,16,17). The number of carboxylic acid groups (broad SMARTS) is 2. The maximum atomic E-state index is 11.6. The number of aliphatic carboxylic acids is 1. The van der Waals surface area contributed by atoms with Crippen LogP contribution < -0.4 is 0 Å². The predicted molar refractivity (Wildman–Crippen MR) is 59.8 cm³/mol. The van der Waals surface area contributed by atoms with Crippen molar-refractivity contribution in [3.8, 4) is 0 Å². The molecule has 2 unspecified atom stereocenters. The molecule has 1 amide bonds. The Bertz CT molecular complexity index is 335. The lowest BCUT2D eigenvalue weighted by molar-refractivity contribution is -0.165. The molecule has 0 bridgehead atoms.